The molecular formula is C13H13ClN2O2S. The van der Waals surface area contributed by atoms with Crippen LogP contribution in [0.25, 0.3) is 0 Å². The van der Waals surface area contributed by atoms with E-state index >= 15 is 0 Å². The molecule has 0 saturated heterocycles. The van der Waals surface area contributed by atoms with E-state index < -0.39 is 5.97 Å². The molecule has 0 aliphatic carbocycles. The molecule has 0 aliphatic rings. The molecule has 0 aliphatic heterocycles. The van der Waals surface area contributed by atoms with Crippen LogP contribution in [0.15, 0.2) is 41.6 Å². The number of thioether (sulfide) groups is 1. The molecule has 0 bridgehead atoms. The Morgan fingerprint density at radius 1 is 1.37 bits per heavy atom. The van der Waals surface area contributed by atoms with E-state index in [2.05, 4.69) is 4.98 Å². The molecule has 2 aromatic rings. The number of carbonyl (C=O) groups is 1. The lowest BCUT2D eigenvalue weighted by molar-refractivity contribution is 0.0690. The van der Waals surface area contributed by atoms with E-state index in [9.17, 15) is 4.79 Å². The Hall–Kier alpha value is -1.46. The van der Waals surface area contributed by atoms with Crippen LogP contribution in [0.5, 0.6) is 0 Å². The molecule has 0 amide bonds. The van der Waals surface area contributed by atoms with E-state index in [4.69, 9.17) is 16.7 Å². The summed E-state index contributed by atoms with van der Waals surface area (Å²) in [5.41, 5.74) is 0.600. The first-order chi connectivity index (χ1) is 9.22. The van der Waals surface area contributed by atoms with Crippen LogP contribution in [-0.2, 0) is 12.4 Å². The summed E-state index contributed by atoms with van der Waals surface area (Å²) in [4.78, 5) is 16.0. The Morgan fingerprint density at radius 2 is 2.11 bits per heavy atom. The predicted octanol–water partition coefficient (Wildman–Crippen LogP) is 3.11. The topological polar surface area (TPSA) is 55.1 Å². The molecule has 0 unspecified atom stereocenters. The maximum Gasteiger partial charge on any atom is 0.356 e. The van der Waals surface area contributed by atoms with Crippen molar-refractivity contribution >= 4 is 29.3 Å². The average molecular weight is 297 g/mol. The summed E-state index contributed by atoms with van der Waals surface area (Å²) in [6, 6.07) is 10.1. The highest BCUT2D eigenvalue weighted by Gasteiger charge is 2.15. The van der Waals surface area contributed by atoms with Gasteiger partial charge >= 0.3 is 5.97 Å². The van der Waals surface area contributed by atoms with Gasteiger partial charge in [-0.25, -0.2) is 9.78 Å². The third-order valence-corrected chi connectivity index (χ3v) is 3.86. The number of imidazole rings is 1. The zero-order valence-corrected chi connectivity index (χ0v) is 11.7. The minimum atomic E-state index is -1.04. The number of alkyl halides is 1. The van der Waals surface area contributed by atoms with E-state index in [0.717, 1.165) is 5.75 Å². The molecule has 100 valence electrons. The molecule has 19 heavy (non-hydrogen) atoms. The van der Waals surface area contributed by atoms with Gasteiger partial charge in [-0.1, -0.05) is 18.2 Å². The fourth-order valence-electron chi connectivity index (χ4n) is 1.70. The van der Waals surface area contributed by atoms with E-state index in [1.54, 1.807) is 16.3 Å². The minimum Gasteiger partial charge on any atom is -0.476 e. The van der Waals surface area contributed by atoms with Crippen molar-refractivity contribution in [1.29, 1.82) is 0 Å². The highest BCUT2D eigenvalue weighted by Crippen LogP contribution is 2.18. The number of hydrogen-bond acceptors (Lipinski definition) is 3. The second kappa shape index (κ2) is 6.63. The van der Waals surface area contributed by atoms with Crippen LogP contribution in [-0.4, -0.2) is 26.4 Å². The van der Waals surface area contributed by atoms with Gasteiger partial charge in [-0.3, -0.25) is 0 Å². The molecular weight excluding hydrogens is 284 g/mol. The molecule has 1 N–H and O–H groups in total. The molecule has 6 heteroatoms. The second-order valence-electron chi connectivity index (χ2n) is 3.83. The number of aryl methyl sites for hydroxylation is 1. The number of rotatable bonds is 6. The van der Waals surface area contributed by atoms with E-state index in [1.807, 2.05) is 30.3 Å². The van der Waals surface area contributed by atoms with Gasteiger partial charge in [0.25, 0.3) is 0 Å². The van der Waals surface area contributed by atoms with Crippen molar-refractivity contribution in [2.45, 2.75) is 17.3 Å². The predicted molar refractivity (Wildman–Crippen MR) is 75.9 cm³/mol. The fourth-order valence-corrected chi connectivity index (χ4v) is 2.85. The normalized spacial score (nSPS) is 10.6. The molecule has 4 nitrogen and oxygen atoms in total. The van der Waals surface area contributed by atoms with Gasteiger partial charge in [0.05, 0.1) is 17.9 Å². The zero-order valence-electron chi connectivity index (χ0n) is 10.1. The van der Waals surface area contributed by atoms with Gasteiger partial charge in [-0.2, -0.15) is 0 Å². The Labute approximate surface area is 120 Å². The summed E-state index contributed by atoms with van der Waals surface area (Å²) in [7, 11) is 0. The lowest BCUT2D eigenvalue weighted by Crippen LogP contribution is -2.07. The molecule has 1 heterocycles. The molecule has 0 saturated carbocycles. The van der Waals surface area contributed by atoms with E-state index in [0.29, 0.717) is 12.2 Å². The fraction of sp³-hybridized carbons (Fsp3) is 0.231. The van der Waals surface area contributed by atoms with E-state index in [-0.39, 0.29) is 11.6 Å². The van der Waals surface area contributed by atoms with Gasteiger partial charge in [0.15, 0.2) is 5.69 Å². The molecule has 0 fully saturated rings. The summed E-state index contributed by atoms with van der Waals surface area (Å²) in [5, 5.41) is 8.97. The monoisotopic (exact) mass is 296 g/mol. The largest absolute Gasteiger partial charge is 0.476 e. The van der Waals surface area contributed by atoms with Crippen LogP contribution in [0, 0.1) is 0 Å². The zero-order chi connectivity index (χ0) is 13.7. The van der Waals surface area contributed by atoms with Gasteiger partial charge < -0.3 is 9.67 Å². The van der Waals surface area contributed by atoms with Gasteiger partial charge in [-0.05, 0) is 12.1 Å². The summed E-state index contributed by atoms with van der Waals surface area (Å²) in [6.45, 7) is 0.682. The second-order valence-corrected chi connectivity index (χ2v) is 5.27. The lowest BCUT2D eigenvalue weighted by atomic mass is 10.3. The lowest BCUT2D eigenvalue weighted by Gasteiger charge is -2.06. The Morgan fingerprint density at radius 3 is 2.74 bits per heavy atom. The first kappa shape index (κ1) is 14.0. The number of halogens is 1. The minimum absolute atomic E-state index is 0.0414. The van der Waals surface area contributed by atoms with Crippen molar-refractivity contribution in [1.82, 2.24) is 9.55 Å². The van der Waals surface area contributed by atoms with Gasteiger partial charge in [0.1, 0.15) is 0 Å². The highest BCUT2D eigenvalue weighted by molar-refractivity contribution is 7.99. The van der Waals surface area contributed by atoms with Gasteiger partial charge in [0, 0.05) is 17.2 Å². The number of aromatic carboxylic acids is 1. The van der Waals surface area contributed by atoms with Crippen molar-refractivity contribution in [3.05, 3.63) is 48.0 Å². The molecule has 2 rings (SSSR count). The summed E-state index contributed by atoms with van der Waals surface area (Å²) >= 11 is 7.50. The van der Waals surface area contributed by atoms with Crippen LogP contribution in [0.3, 0.4) is 0 Å². The molecule has 0 spiro atoms. The Kier molecular flexibility index (Phi) is 4.87. The number of benzene rings is 1. The van der Waals surface area contributed by atoms with E-state index in [1.165, 1.54) is 11.2 Å². The number of aromatic nitrogens is 2. The number of hydrogen-bond donors (Lipinski definition) is 1. The number of carboxylic acids is 1. The maximum atomic E-state index is 10.9. The summed E-state index contributed by atoms with van der Waals surface area (Å²) in [5.74, 6) is -0.0499. The Bertz CT molecular complexity index is 557. The molecule has 0 radical (unpaired) electrons. The van der Waals surface area contributed by atoms with Crippen molar-refractivity contribution < 1.29 is 9.90 Å². The molecule has 1 aromatic heterocycles. The van der Waals surface area contributed by atoms with Crippen LogP contribution in [0.2, 0.25) is 0 Å². The van der Waals surface area contributed by atoms with Gasteiger partial charge in [0.2, 0.25) is 0 Å². The van der Waals surface area contributed by atoms with Gasteiger partial charge in [-0.15, -0.1) is 23.4 Å². The van der Waals surface area contributed by atoms with Crippen molar-refractivity contribution in [3.8, 4) is 0 Å². The van der Waals surface area contributed by atoms with Crippen molar-refractivity contribution in [2.24, 2.45) is 0 Å². The summed E-state index contributed by atoms with van der Waals surface area (Å²) < 4.78 is 1.80. The SMILES string of the molecule is O=C(O)c1ncn(CCSc2ccccc2)c1CCl. The Balaban J connectivity index is 1.98. The third kappa shape index (κ3) is 3.52. The molecule has 0 atom stereocenters. The van der Waals surface area contributed by atoms with Crippen LogP contribution < -0.4 is 0 Å². The highest BCUT2D eigenvalue weighted by atomic mass is 35.5. The first-order valence-electron chi connectivity index (χ1n) is 5.73. The van der Waals surface area contributed by atoms with Crippen LogP contribution in [0.1, 0.15) is 16.2 Å². The van der Waals surface area contributed by atoms with Crippen LogP contribution in [0.4, 0.5) is 0 Å². The maximum absolute atomic E-state index is 10.9. The van der Waals surface area contributed by atoms with Crippen LogP contribution >= 0.6 is 23.4 Å². The average Bonchev–Trinajstić information content (AvgIpc) is 2.83. The number of nitrogens with zero attached hydrogens (tertiary/aromatic N) is 2. The van der Waals surface area contributed by atoms with Crippen molar-refractivity contribution in [2.75, 3.05) is 5.75 Å². The first-order valence-corrected chi connectivity index (χ1v) is 7.25. The smallest absolute Gasteiger partial charge is 0.356 e. The standard InChI is InChI=1S/C13H13ClN2O2S/c14-8-11-12(13(17)18)15-9-16(11)6-7-19-10-4-2-1-3-5-10/h1-5,9H,6-8H2,(H,17,18). The molecule has 1 aromatic carbocycles. The summed E-state index contributed by atoms with van der Waals surface area (Å²) in [6.07, 6.45) is 1.53. The number of carboxylic acid groups (broad SMARTS) is 1. The van der Waals surface area contributed by atoms with Crippen molar-refractivity contribution in [3.63, 3.8) is 0 Å². The third-order valence-electron chi connectivity index (χ3n) is 2.62. The quantitative estimate of drug-likeness (QED) is 0.657.